The molecule has 20 heavy (non-hydrogen) atoms. The summed E-state index contributed by atoms with van der Waals surface area (Å²) < 4.78 is 0. The number of nitrogens with one attached hydrogen (secondary N) is 2. The van der Waals surface area contributed by atoms with E-state index in [-0.39, 0.29) is 11.6 Å². The lowest BCUT2D eigenvalue weighted by atomic mass is 10.1. The topological polar surface area (TPSA) is 54.0 Å². The van der Waals surface area contributed by atoms with Crippen LogP contribution in [0.3, 0.4) is 0 Å². The SMILES string of the molecule is CCCCCCCCNC(=O)c1nc(NC)ccc1Cl. The van der Waals surface area contributed by atoms with Gasteiger partial charge in [0.1, 0.15) is 11.5 Å². The molecule has 0 radical (unpaired) electrons. The third-order valence-electron chi connectivity index (χ3n) is 3.13. The van der Waals surface area contributed by atoms with Gasteiger partial charge in [0.25, 0.3) is 5.91 Å². The summed E-state index contributed by atoms with van der Waals surface area (Å²) in [7, 11) is 1.76. The Morgan fingerprint density at radius 2 is 1.90 bits per heavy atom. The second-order valence-electron chi connectivity index (χ2n) is 4.80. The molecule has 0 aliphatic carbocycles. The zero-order valence-corrected chi connectivity index (χ0v) is 13.1. The summed E-state index contributed by atoms with van der Waals surface area (Å²) in [5, 5.41) is 6.14. The zero-order valence-electron chi connectivity index (χ0n) is 12.3. The Bertz CT molecular complexity index is 424. The number of carbonyl (C=O) groups is 1. The van der Waals surface area contributed by atoms with Crippen molar-refractivity contribution in [1.29, 1.82) is 0 Å². The maximum Gasteiger partial charge on any atom is 0.271 e. The van der Waals surface area contributed by atoms with Crippen molar-refractivity contribution in [3.63, 3.8) is 0 Å². The number of aromatic nitrogens is 1. The Kier molecular flexibility index (Phi) is 8.04. The number of rotatable bonds is 9. The highest BCUT2D eigenvalue weighted by molar-refractivity contribution is 6.33. The van der Waals surface area contributed by atoms with Gasteiger partial charge in [0, 0.05) is 13.6 Å². The van der Waals surface area contributed by atoms with Crippen molar-refractivity contribution in [3.8, 4) is 0 Å². The number of nitrogens with zero attached hydrogens (tertiary/aromatic N) is 1. The first-order chi connectivity index (χ1) is 9.69. The van der Waals surface area contributed by atoms with Crippen molar-refractivity contribution >= 4 is 23.3 Å². The van der Waals surface area contributed by atoms with Crippen LogP contribution in [0.4, 0.5) is 5.82 Å². The quantitative estimate of drug-likeness (QED) is 0.680. The van der Waals surface area contributed by atoms with Crippen LogP contribution in [0.1, 0.15) is 55.9 Å². The minimum Gasteiger partial charge on any atom is -0.373 e. The highest BCUT2D eigenvalue weighted by atomic mass is 35.5. The van der Waals surface area contributed by atoms with E-state index in [1.54, 1.807) is 19.2 Å². The number of carbonyl (C=O) groups excluding carboxylic acids is 1. The summed E-state index contributed by atoms with van der Waals surface area (Å²) in [6.45, 7) is 2.88. The van der Waals surface area contributed by atoms with Crippen molar-refractivity contribution in [1.82, 2.24) is 10.3 Å². The fraction of sp³-hybridized carbons (Fsp3) is 0.600. The van der Waals surface area contributed by atoms with Crippen molar-refractivity contribution in [2.45, 2.75) is 45.4 Å². The largest absolute Gasteiger partial charge is 0.373 e. The van der Waals surface area contributed by atoms with Crippen molar-refractivity contribution in [2.75, 3.05) is 18.9 Å². The first-order valence-electron chi connectivity index (χ1n) is 7.31. The maximum absolute atomic E-state index is 12.0. The minimum absolute atomic E-state index is 0.208. The summed E-state index contributed by atoms with van der Waals surface area (Å²) in [5.41, 5.74) is 0.282. The fourth-order valence-electron chi connectivity index (χ4n) is 1.93. The molecule has 0 aliphatic rings. The molecule has 0 aliphatic heterocycles. The Morgan fingerprint density at radius 1 is 1.20 bits per heavy atom. The molecule has 0 fully saturated rings. The first kappa shape index (κ1) is 16.8. The van der Waals surface area contributed by atoms with Gasteiger partial charge in [-0.25, -0.2) is 4.98 Å². The van der Waals surface area contributed by atoms with Gasteiger partial charge >= 0.3 is 0 Å². The van der Waals surface area contributed by atoms with Crippen molar-refractivity contribution in [2.24, 2.45) is 0 Å². The molecular formula is C15H24ClN3O. The molecule has 5 heteroatoms. The summed E-state index contributed by atoms with van der Waals surface area (Å²) in [5.74, 6) is 0.430. The molecule has 0 unspecified atom stereocenters. The Balaban J connectivity index is 2.32. The lowest BCUT2D eigenvalue weighted by Crippen LogP contribution is -2.26. The Morgan fingerprint density at radius 3 is 2.60 bits per heavy atom. The summed E-state index contributed by atoms with van der Waals surface area (Å²) in [6, 6.07) is 3.42. The predicted octanol–water partition coefficient (Wildman–Crippen LogP) is 3.87. The van der Waals surface area contributed by atoms with E-state index >= 15 is 0 Å². The molecule has 0 aromatic carbocycles. The van der Waals surface area contributed by atoms with Crippen LogP contribution in [-0.4, -0.2) is 24.5 Å². The molecule has 0 saturated carbocycles. The fourth-order valence-corrected chi connectivity index (χ4v) is 2.12. The van der Waals surface area contributed by atoms with E-state index in [1.807, 2.05) is 0 Å². The lowest BCUT2D eigenvalue weighted by molar-refractivity contribution is 0.0948. The van der Waals surface area contributed by atoms with E-state index in [4.69, 9.17) is 11.6 Å². The molecule has 0 spiro atoms. The van der Waals surface area contributed by atoms with Crippen LogP contribution in [0, 0.1) is 0 Å². The van der Waals surface area contributed by atoms with Crippen LogP contribution in [0.15, 0.2) is 12.1 Å². The molecular weight excluding hydrogens is 274 g/mol. The van der Waals surface area contributed by atoms with Crippen LogP contribution < -0.4 is 10.6 Å². The van der Waals surface area contributed by atoms with Gasteiger partial charge in [-0.3, -0.25) is 4.79 Å². The molecule has 1 aromatic rings. The van der Waals surface area contributed by atoms with Crippen molar-refractivity contribution < 1.29 is 4.79 Å². The molecule has 1 heterocycles. The average Bonchev–Trinajstić information content (AvgIpc) is 2.46. The van der Waals surface area contributed by atoms with Crippen LogP contribution in [0.25, 0.3) is 0 Å². The van der Waals surface area contributed by atoms with Gasteiger partial charge in [0.05, 0.1) is 5.02 Å². The third kappa shape index (κ3) is 5.78. The van der Waals surface area contributed by atoms with Gasteiger partial charge < -0.3 is 10.6 Å². The van der Waals surface area contributed by atoms with E-state index in [0.29, 0.717) is 17.4 Å². The molecule has 4 nitrogen and oxygen atoms in total. The molecule has 2 N–H and O–H groups in total. The first-order valence-corrected chi connectivity index (χ1v) is 7.69. The third-order valence-corrected chi connectivity index (χ3v) is 3.44. The number of pyridine rings is 1. The van der Waals surface area contributed by atoms with Gasteiger partial charge in [-0.1, -0.05) is 50.6 Å². The summed E-state index contributed by atoms with van der Waals surface area (Å²) in [6.07, 6.45) is 7.21. The lowest BCUT2D eigenvalue weighted by Gasteiger charge is -2.07. The van der Waals surface area contributed by atoms with Crippen molar-refractivity contribution in [3.05, 3.63) is 22.8 Å². The molecule has 1 rings (SSSR count). The maximum atomic E-state index is 12.0. The Hall–Kier alpha value is -1.29. The molecule has 0 bridgehead atoms. The minimum atomic E-state index is -0.208. The smallest absolute Gasteiger partial charge is 0.271 e. The summed E-state index contributed by atoms with van der Waals surface area (Å²) in [4.78, 5) is 16.2. The van der Waals surface area contributed by atoms with E-state index in [1.165, 1.54) is 25.7 Å². The van der Waals surface area contributed by atoms with Crippen LogP contribution in [0.5, 0.6) is 0 Å². The van der Waals surface area contributed by atoms with E-state index in [0.717, 1.165) is 12.8 Å². The number of unbranched alkanes of at least 4 members (excludes halogenated alkanes) is 5. The normalized spacial score (nSPS) is 10.3. The summed E-state index contributed by atoms with van der Waals surface area (Å²) >= 11 is 5.99. The Labute approximate surface area is 126 Å². The van der Waals surface area contributed by atoms with Gasteiger partial charge in [-0.05, 0) is 18.6 Å². The van der Waals surface area contributed by atoms with Crippen LogP contribution in [-0.2, 0) is 0 Å². The molecule has 0 saturated heterocycles. The highest BCUT2D eigenvalue weighted by Crippen LogP contribution is 2.16. The molecule has 1 amide bonds. The second-order valence-corrected chi connectivity index (χ2v) is 5.21. The van der Waals surface area contributed by atoms with Gasteiger partial charge in [0.2, 0.25) is 0 Å². The van der Waals surface area contributed by atoms with Gasteiger partial charge in [0.15, 0.2) is 0 Å². The predicted molar refractivity (Wildman–Crippen MR) is 84.5 cm³/mol. The monoisotopic (exact) mass is 297 g/mol. The standard InChI is InChI=1S/C15H24ClN3O/c1-3-4-5-6-7-8-11-18-15(20)14-12(16)9-10-13(17-2)19-14/h9-10H,3-8,11H2,1-2H3,(H,17,19)(H,18,20). The zero-order chi connectivity index (χ0) is 14.8. The number of amides is 1. The molecule has 1 aromatic heterocycles. The highest BCUT2D eigenvalue weighted by Gasteiger charge is 2.12. The second kappa shape index (κ2) is 9.59. The number of hydrogen-bond acceptors (Lipinski definition) is 3. The van der Waals surface area contributed by atoms with E-state index in [2.05, 4.69) is 22.5 Å². The van der Waals surface area contributed by atoms with Gasteiger partial charge in [-0.15, -0.1) is 0 Å². The number of halogens is 1. The molecule has 112 valence electrons. The van der Waals surface area contributed by atoms with Gasteiger partial charge in [-0.2, -0.15) is 0 Å². The number of hydrogen-bond donors (Lipinski definition) is 2. The molecule has 0 atom stereocenters. The van der Waals surface area contributed by atoms with Crippen LogP contribution >= 0.6 is 11.6 Å². The van der Waals surface area contributed by atoms with Crippen LogP contribution in [0.2, 0.25) is 5.02 Å². The average molecular weight is 298 g/mol. The van der Waals surface area contributed by atoms with E-state index in [9.17, 15) is 4.79 Å². The number of anilines is 1. The van der Waals surface area contributed by atoms with E-state index < -0.39 is 0 Å².